The van der Waals surface area contributed by atoms with Gasteiger partial charge in [0.15, 0.2) is 0 Å². The molecular formula is C11H22BNO5. The van der Waals surface area contributed by atoms with Crippen molar-refractivity contribution in [1.29, 1.82) is 0 Å². The Kier molecular flexibility index (Phi) is 6.07. The summed E-state index contributed by atoms with van der Waals surface area (Å²) in [7, 11) is 6.71. The number of ether oxygens (including phenoxy) is 4. The van der Waals surface area contributed by atoms with Crippen LogP contribution in [-0.2, 0) is 23.7 Å². The lowest BCUT2D eigenvalue weighted by Gasteiger charge is -2.25. The Morgan fingerprint density at radius 1 is 1.44 bits per heavy atom. The zero-order chi connectivity index (χ0) is 13.7. The van der Waals surface area contributed by atoms with Gasteiger partial charge in [-0.25, -0.2) is 0 Å². The molecule has 1 rings (SSSR count). The molecular weight excluding hydrogens is 237 g/mol. The summed E-state index contributed by atoms with van der Waals surface area (Å²) in [5.74, 6) is -0.160. The maximum Gasteiger partial charge on any atom is 0.248 e. The Labute approximate surface area is 109 Å². The normalized spacial score (nSPS) is 33.3. The summed E-state index contributed by atoms with van der Waals surface area (Å²) in [6.45, 7) is 2.15. The lowest BCUT2D eigenvalue weighted by Crippen LogP contribution is -2.43. The second kappa shape index (κ2) is 7.08. The van der Waals surface area contributed by atoms with Crippen molar-refractivity contribution in [2.24, 2.45) is 0 Å². The molecule has 0 aliphatic carbocycles. The Balaban J connectivity index is 2.65. The van der Waals surface area contributed by atoms with Crippen molar-refractivity contribution in [2.45, 2.75) is 37.3 Å². The molecule has 5 atom stereocenters. The van der Waals surface area contributed by atoms with E-state index in [0.717, 1.165) is 0 Å². The molecule has 6 nitrogen and oxygen atoms in total. The van der Waals surface area contributed by atoms with E-state index in [-0.39, 0.29) is 30.2 Å². The fourth-order valence-electron chi connectivity index (χ4n) is 2.18. The van der Waals surface area contributed by atoms with Gasteiger partial charge in [-0.15, -0.1) is 0 Å². The van der Waals surface area contributed by atoms with Crippen LogP contribution >= 0.6 is 0 Å². The molecule has 0 aromatic rings. The minimum atomic E-state index is -0.537. The van der Waals surface area contributed by atoms with E-state index >= 15 is 0 Å². The summed E-state index contributed by atoms with van der Waals surface area (Å²) in [5, 5.41) is 2.55. The first kappa shape index (κ1) is 15.4. The molecule has 1 saturated heterocycles. The summed E-state index contributed by atoms with van der Waals surface area (Å²) >= 11 is 0. The van der Waals surface area contributed by atoms with Gasteiger partial charge in [0.2, 0.25) is 5.91 Å². The number of methoxy groups -OCH3 is 2. The third-order valence-electron chi connectivity index (χ3n) is 3.12. The first-order valence-corrected chi connectivity index (χ1v) is 6.09. The van der Waals surface area contributed by atoms with Crippen molar-refractivity contribution in [3.63, 3.8) is 0 Å². The van der Waals surface area contributed by atoms with Crippen LogP contribution in [0.3, 0.4) is 0 Å². The molecule has 0 aromatic heterocycles. The van der Waals surface area contributed by atoms with Crippen molar-refractivity contribution in [3.8, 4) is 0 Å². The molecule has 1 aliphatic rings. The van der Waals surface area contributed by atoms with Crippen LogP contribution in [0.2, 0.25) is 0 Å². The third kappa shape index (κ3) is 3.44. The van der Waals surface area contributed by atoms with Crippen LogP contribution in [0, 0.1) is 0 Å². The molecule has 0 spiro atoms. The predicted octanol–water partition coefficient (Wildman–Crippen LogP) is -1.47. The highest BCUT2D eigenvalue weighted by molar-refractivity contribution is 6.11. The average Bonchev–Trinajstić information content (AvgIpc) is 2.64. The summed E-state index contributed by atoms with van der Waals surface area (Å²) in [6, 6.07) is -0.137. The Morgan fingerprint density at radius 3 is 2.61 bits per heavy atom. The van der Waals surface area contributed by atoms with Gasteiger partial charge < -0.3 is 24.3 Å². The predicted molar refractivity (Wildman–Crippen MR) is 68.3 cm³/mol. The summed E-state index contributed by atoms with van der Waals surface area (Å²) in [6.07, 6.45) is -1.21. The molecule has 18 heavy (non-hydrogen) atoms. The minimum absolute atomic E-state index is 0.137. The van der Waals surface area contributed by atoms with Crippen LogP contribution in [-0.4, -0.2) is 72.0 Å². The van der Waals surface area contributed by atoms with Gasteiger partial charge in [0.25, 0.3) is 0 Å². The van der Waals surface area contributed by atoms with Gasteiger partial charge in [0.1, 0.15) is 32.3 Å². The number of carbonyl (C=O) groups is 1. The van der Waals surface area contributed by atoms with E-state index in [2.05, 4.69) is 5.32 Å². The van der Waals surface area contributed by atoms with Crippen LogP contribution in [0.4, 0.5) is 0 Å². The highest BCUT2D eigenvalue weighted by atomic mass is 16.6. The number of hydrogen-bond acceptors (Lipinski definition) is 5. The first-order valence-electron chi connectivity index (χ1n) is 6.09. The number of carbonyl (C=O) groups excluding carboxylic acids is 1. The Bertz CT molecular complexity index is 278. The van der Waals surface area contributed by atoms with E-state index in [4.69, 9.17) is 18.9 Å². The second-order valence-corrected chi connectivity index (χ2v) is 4.39. The monoisotopic (exact) mass is 259 g/mol. The van der Waals surface area contributed by atoms with Crippen LogP contribution < -0.4 is 5.32 Å². The maximum absolute atomic E-state index is 11.5. The summed E-state index contributed by atoms with van der Waals surface area (Å²) < 4.78 is 22.0. The molecule has 0 aromatic carbocycles. The molecule has 1 unspecified atom stereocenters. The van der Waals surface area contributed by atoms with Gasteiger partial charge in [-0.1, -0.05) is 0 Å². The Morgan fingerprint density at radius 2 is 2.11 bits per heavy atom. The second-order valence-electron chi connectivity index (χ2n) is 4.39. The molecule has 7 heteroatoms. The van der Waals surface area contributed by atoms with Gasteiger partial charge in [-0.05, 0) is 6.92 Å². The molecule has 104 valence electrons. The third-order valence-corrected chi connectivity index (χ3v) is 3.12. The van der Waals surface area contributed by atoms with Gasteiger partial charge in [-0.2, -0.15) is 0 Å². The van der Waals surface area contributed by atoms with Crippen molar-refractivity contribution >= 4 is 13.8 Å². The first-order chi connectivity index (χ1) is 8.54. The SMILES string of the molecule is B[C@@H]1O[C@H](COC)C(OC)[C@@H]1O[C@H](C)C(=O)NC. The zero-order valence-electron chi connectivity index (χ0n) is 11.6. The van der Waals surface area contributed by atoms with Gasteiger partial charge >= 0.3 is 0 Å². The number of rotatable bonds is 6. The lowest BCUT2D eigenvalue weighted by molar-refractivity contribution is -0.139. The number of nitrogens with one attached hydrogen (secondary N) is 1. The van der Waals surface area contributed by atoms with E-state index in [1.807, 2.05) is 7.85 Å². The number of hydrogen-bond donors (Lipinski definition) is 1. The van der Waals surface area contributed by atoms with E-state index in [9.17, 15) is 4.79 Å². The van der Waals surface area contributed by atoms with Crippen LogP contribution in [0.5, 0.6) is 0 Å². The van der Waals surface area contributed by atoms with Crippen LogP contribution in [0.25, 0.3) is 0 Å². The highest BCUT2D eigenvalue weighted by Gasteiger charge is 2.44. The molecule has 1 heterocycles. The maximum atomic E-state index is 11.5. The average molecular weight is 259 g/mol. The van der Waals surface area contributed by atoms with E-state index in [0.29, 0.717) is 6.61 Å². The summed E-state index contributed by atoms with van der Waals surface area (Å²) in [5.41, 5.74) is 0. The van der Waals surface area contributed by atoms with Crippen molar-refractivity contribution in [2.75, 3.05) is 27.9 Å². The van der Waals surface area contributed by atoms with Crippen LogP contribution in [0.15, 0.2) is 0 Å². The number of likely N-dealkylation sites (N-methyl/N-ethyl adjacent to an activating group) is 1. The van der Waals surface area contributed by atoms with Crippen molar-refractivity contribution in [1.82, 2.24) is 5.32 Å². The van der Waals surface area contributed by atoms with Crippen molar-refractivity contribution in [3.05, 3.63) is 0 Å². The standard InChI is InChI=1S/C11H22BNO5/c1-6(11(14)13-2)17-9-8(16-4)7(5-15-3)18-10(9)12/h6-10H,5,12H2,1-4H3,(H,13,14)/t6-,7-,8?,9+,10-/m1/s1. The molecule has 0 radical (unpaired) electrons. The minimum Gasteiger partial charge on any atom is -0.382 e. The Hall–Kier alpha value is -0.625. The topological polar surface area (TPSA) is 66.0 Å². The van der Waals surface area contributed by atoms with Gasteiger partial charge in [0.05, 0.1) is 12.6 Å². The van der Waals surface area contributed by atoms with Gasteiger partial charge in [-0.3, -0.25) is 4.79 Å². The van der Waals surface area contributed by atoms with E-state index in [1.165, 1.54) is 0 Å². The quantitative estimate of drug-likeness (QED) is 0.590. The summed E-state index contributed by atoms with van der Waals surface area (Å²) in [4.78, 5) is 11.5. The molecule has 0 saturated carbocycles. The molecule has 1 N–H and O–H groups in total. The number of amides is 1. The van der Waals surface area contributed by atoms with E-state index < -0.39 is 6.10 Å². The fraction of sp³-hybridized carbons (Fsp3) is 0.909. The molecule has 1 aliphatic heterocycles. The largest absolute Gasteiger partial charge is 0.382 e. The molecule has 1 amide bonds. The van der Waals surface area contributed by atoms with Crippen LogP contribution in [0.1, 0.15) is 6.92 Å². The smallest absolute Gasteiger partial charge is 0.248 e. The van der Waals surface area contributed by atoms with Crippen molar-refractivity contribution < 1.29 is 23.7 Å². The zero-order valence-corrected chi connectivity index (χ0v) is 11.6. The molecule has 1 fully saturated rings. The van der Waals surface area contributed by atoms with Gasteiger partial charge in [0, 0.05) is 21.3 Å². The lowest BCUT2D eigenvalue weighted by atomic mass is 9.92. The van der Waals surface area contributed by atoms with E-state index in [1.54, 1.807) is 28.2 Å². The fourth-order valence-corrected chi connectivity index (χ4v) is 2.18. The molecule has 0 bridgehead atoms. The highest BCUT2D eigenvalue weighted by Crippen LogP contribution is 2.25.